The zero-order valence-corrected chi connectivity index (χ0v) is 13.7. The second-order valence-corrected chi connectivity index (χ2v) is 5.45. The third kappa shape index (κ3) is 4.53. The van der Waals surface area contributed by atoms with Gasteiger partial charge in [0.2, 0.25) is 0 Å². The Hall–Kier alpha value is -1.94. The van der Waals surface area contributed by atoms with E-state index in [0.717, 1.165) is 23.1 Å². The number of hydrogen-bond acceptors (Lipinski definition) is 3. The molecule has 0 saturated heterocycles. The first-order chi connectivity index (χ1) is 10.4. The Labute approximate surface area is 132 Å². The third-order valence-electron chi connectivity index (χ3n) is 3.87. The molecule has 0 spiro atoms. The van der Waals surface area contributed by atoms with Crippen molar-refractivity contribution in [1.82, 2.24) is 10.2 Å². The van der Waals surface area contributed by atoms with Crippen LogP contribution in [0, 0.1) is 12.7 Å². The van der Waals surface area contributed by atoms with Gasteiger partial charge in [0.05, 0.1) is 0 Å². The normalized spacial score (nSPS) is 12.0. The summed E-state index contributed by atoms with van der Waals surface area (Å²) in [6.07, 6.45) is 3.76. The van der Waals surface area contributed by atoms with Gasteiger partial charge in [-0.25, -0.2) is 4.39 Å². The van der Waals surface area contributed by atoms with E-state index in [2.05, 4.69) is 23.4 Å². The molecule has 0 aromatic heterocycles. The first kappa shape index (κ1) is 18.1. The summed E-state index contributed by atoms with van der Waals surface area (Å²) in [7, 11) is 3.80. The van der Waals surface area contributed by atoms with E-state index in [1.54, 1.807) is 13.0 Å². The zero-order valence-electron chi connectivity index (χ0n) is 13.7. The highest BCUT2D eigenvalue weighted by atomic mass is 19.1. The highest BCUT2D eigenvalue weighted by molar-refractivity contribution is 5.53. The molecule has 1 atom stereocenters. The molecule has 1 rings (SSSR count). The van der Waals surface area contributed by atoms with Crippen LogP contribution in [-0.4, -0.2) is 31.3 Å². The second-order valence-electron chi connectivity index (χ2n) is 5.45. The van der Waals surface area contributed by atoms with Crippen LogP contribution in [0.15, 0.2) is 31.0 Å². The summed E-state index contributed by atoms with van der Waals surface area (Å²) in [4.78, 5) is 12.8. The Bertz CT molecular complexity index is 554. The standard InChI is InChI=1S/C18H25FN2O/c1-6-15-11-17(19)13(2)10-16(15)12-21(5)18(8-7-9-22)14(3)20-4/h6,9-11,18,20H,1,3,7-8,12H2,2,4-5H3. The molecule has 0 aliphatic carbocycles. The third-order valence-corrected chi connectivity index (χ3v) is 3.87. The van der Waals surface area contributed by atoms with Gasteiger partial charge in [0.25, 0.3) is 0 Å². The predicted octanol–water partition coefficient (Wildman–Crippen LogP) is 3.29. The summed E-state index contributed by atoms with van der Waals surface area (Å²) >= 11 is 0. The minimum absolute atomic E-state index is 0.0400. The number of carbonyl (C=O) groups is 1. The maximum Gasteiger partial charge on any atom is 0.126 e. The molecule has 1 aromatic carbocycles. The molecular formula is C18H25FN2O. The van der Waals surface area contributed by atoms with Crippen LogP contribution in [0.1, 0.15) is 29.5 Å². The molecule has 1 unspecified atom stereocenters. The zero-order chi connectivity index (χ0) is 16.7. The highest BCUT2D eigenvalue weighted by Gasteiger charge is 2.18. The first-order valence-corrected chi connectivity index (χ1v) is 7.36. The van der Waals surface area contributed by atoms with E-state index >= 15 is 0 Å². The fraction of sp³-hybridized carbons (Fsp3) is 0.389. The minimum Gasteiger partial charge on any atom is -0.391 e. The smallest absolute Gasteiger partial charge is 0.126 e. The number of likely N-dealkylation sites (N-methyl/N-ethyl adjacent to an activating group) is 2. The van der Waals surface area contributed by atoms with E-state index in [0.29, 0.717) is 24.9 Å². The Morgan fingerprint density at radius 3 is 2.73 bits per heavy atom. The summed E-state index contributed by atoms with van der Waals surface area (Å²) in [6.45, 7) is 10.2. The largest absolute Gasteiger partial charge is 0.391 e. The van der Waals surface area contributed by atoms with E-state index in [9.17, 15) is 9.18 Å². The van der Waals surface area contributed by atoms with Gasteiger partial charge in [-0.2, -0.15) is 0 Å². The molecule has 0 fully saturated rings. The van der Waals surface area contributed by atoms with Crippen LogP contribution in [0.4, 0.5) is 4.39 Å². The molecule has 4 heteroatoms. The average Bonchev–Trinajstić information content (AvgIpc) is 2.50. The summed E-state index contributed by atoms with van der Waals surface area (Å²) in [5.74, 6) is -0.224. The number of nitrogens with one attached hydrogen (secondary N) is 1. The molecule has 22 heavy (non-hydrogen) atoms. The van der Waals surface area contributed by atoms with Gasteiger partial charge < -0.3 is 10.1 Å². The first-order valence-electron chi connectivity index (χ1n) is 7.36. The van der Waals surface area contributed by atoms with E-state index in [1.807, 2.05) is 20.2 Å². The Balaban J connectivity index is 2.99. The van der Waals surface area contributed by atoms with Gasteiger partial charge in [0.15, 0.2) is 0 Å². The number of aldehydes is 1. The lowest BCUT2D eigenvalue weighted by Crippen LogP contribution is -2.36. The minimum atomic E-state index is -0.224. The molecule has 0 heterocycles. The lowest BCUT2D eigenvalue weighted by atomic mass is 10.0. The number of rotatable bonds is 9. The number of carbonyl (C=O) groups excluding carboxylic acids is 1. The fourth-order valence-electron chi connectivity index (χ4n) is 2.52. The Morgan fingerprint density at radius 1 is 1.50 bits per heavy atom. The van der Waals surface area contributed by atoms with Crippen molar-refractivity contribution in [2.45, 2.75) is 32.4 Å². The number of aryl methyl sites for hydroxylation is 1. The van der Waals surface area contributed by atoms with E-state index in [4.69, 9.17) is 0 Å². The van der Waals surface area contributed by atoms with Crippen molar-refractivity contribution >= 4 is 12.4 Å². The average molecular weight is 304 g/mol. The van der Waals surface area contributed by atoms with Gasteiger partial charge in [-0.3, -0.25) is 4.90 Å². The molecule has 120 valence electrons. The summed E-state index contributed by atoms with van der Waals surface area (Å²) in [5, 5.41) is 3.06. The molecule has 0 saturated carbocycles. The van der Waals surface area contributed by atoms with Crippen LogP contribution in [0.25, 0.3) is 6.08 Å². The molecule has 1 N–H and O–H groups in total. The maximum absolute atomic E-state index is 13.7. The summed E-state index contributed by atoms with van der Waals surface area (Å²) < 4.78 is 13.7. The van der Waals surface area contributed by atoms with Crippen molar-refractivity contribution in [2.24, 2.45) is 0 Å². The van der Waals surface area contributed by atoms with Crippen LogP contribution in [-0.2, 0) is 11.3 Å². The van der Waals surface area contributed by atoms with Gasteiger partial charge in [-0.05, 0) is 43.1 Å². The molecule has 0 radical (unpaired) electrons. The molecule has 0 aliphatic heterocycles. The summed E-state index contributed by atoms with van der Waals surface area (Å²) in [6, 6.07) is 3.40. The van der Waals surface area contributed by atoms with Crippen LogP contribution < -0.4 is 5.32 Å². The fourth-order valence-corrected chi connectivity index (χ4v) is 2.52. The van der Waals surface area contributed by atoms with Crippen LogP contribution in [0.3, 0.4) is 0 Å². The van der Waals surface area contributed by atoms with Gasteiger partial charge in [0, 0.05) is 31.8 Å². The Morgan fingerprint density at radius 2 is 2.18 bits per heavy atom. The number of nitrogens with zero attached hydrogens (tertiary/aromatic N) is 1. The second kappa shape index (κ2) is 8.49. The van der Waals surface area contributed by atoms with Crippen LogP contribution in [0.5, 0.6) is 0 Å². The topological polar surface area (TPSA) is 32.3 Å². The molecule has 3 nitrogen and oxygen atoms in total. The van der Waals surface area contributed by atoms with E-state index in [-0.39, 0.29) is 11.9 Å². The number of hydrogen-bond donors (Lipinski definition) is 1. The van der Waals surface area contributed by atoms with E-state index in [1.165, 1.54) is 6.07 Å². The van der Waals surface area contributed by atoms with Crippen molar-refractivity contribution in [3.05, 3.63) is 53.5 Å². The molecule has 1 aromatic rings. The van der Waals surface area contributed by atoms with Crippen molar-refractivity contribution in [3.8, 4) is 0 Å². The number of halogens is 1. The predicted molar refractivity (Wildman–Crippen MR) is 90.0 cm³/mol. The lowest BCUT2D eigenvalue weighted by molar-refractivity contribution is -0.108. The van der Waals surface area contributed by atoms with Crippen molar-refractivity contribution in [2.75, 3.05) is 14.1 Å². The van der Waals surface area contributed by atoms with Crippen molar-refractivity contribution < 1.29 is 9.18 Å². The van der Waals surface area contributed by atoms with E-state index < -0.39 is 0 Å². The SMILES string of the molecule is C=Cc1cc(F)c(C)cc1CN(C)C(CCC=O)C(=C)NC. The maximum atomic E-state index is 13.7. The van der Waals surface area contributed by atoms with Gasteiger partial charge in [-0.1, -0.05) is 25.3 Å². The monoisotopic (exact) mass is 304 g/mol. The van der Waals surface area contributed by atoms with Crippen LogP contribution >= 0.6 is 0 Å². The van der Waals surface area contributed by atoms with Gasteiger partial charge >= 0.3 is 0 Å². The molecule has 0 bridgehead atoms. The number of benzene rings is 1. The summed E-state index contributed by atoms with van der Waals surface area (Å²) in [5.41, 5.74) is 3.28. The van der Waals surface area contributed by atoms with Gasteiger partial charge in [-0.15, -0.1) is 0 Å². The lowest BCUT2D eigenvalue weighted by Gasteiger charge is -2.30. The van der Waals surface area contributed by atoms with Crippen molar-refractivity contribution in [1.29, 1.82) is 0 Å². The quantitative estimate of drug-likeness (QED) is 0.711. The molecule has 0 aliphatic rings. The van der Waals surface area contributed by atoms with Gasteiger partial charge in [0.1, 0.15) is 12.1 Å². The van der Waals surface area contributed by atoms with Crippen LogP contribution in [0.2, 0.25) is 0 Å². The highest BCUT2D eigenvalue weighted by Crippen LogP contribution is 2.21. The Kier molecular flexibility index (Phi) is 6.99. The molecule has 0 amide bonds. The molecular weight excluding hydrogens is 279 g/mol. The van der Waals surface area contributed by atoms with Crippen molar-refractivity contribution in [3.63, 3.8) is 0 Å².